The summed E-state index contributed by atoms with van der Waals surface area (Å²) in [4.78, 5) is 53.2. The summed E-state index contributed by atoms with van der Waals surface area (Å²) in [6.45, 7) is 0. The molecule has 6 radical (unpaired) electrons. The molecule has 12 aromatic heterocycles. The van der Waals surface area contributed by atoms with E-state index in [4.69, 9.17) is 9.97 Å². The van der Waals surface area contributed by atoms with Crippen LogP contribution >= 0.6 is 0 Å². The molecular formula is C72H54Al2Ga4N18. The van der Waals surface area contributed by atoms with Gasteiger partial charge in [-0.05, 0) is 41.9 Å². The summed E-state index contributed by atoms with van der Waals surface area (Å²) in [5.41, 5.74) is 12.2. The van der Waals surface area contributed by atoms with Crippen molar-refractivity contribution in [2.24, 2.45) is 0 Å². The van der Waals surface area contributed by atoms with Crippen molar-refractivity contribution in [2.75, 3.05) is 0 Å². The van der Waals surface area contributed by atoms with E-state index in [-0.39, 0.29) is 0 Å². The Morgan fingerprint density at radius 3 is 1.05 bits per heavy atom. The third-order valence-electron chi connectivity index (χ3n) is 15.4. The molecule has 0 spiro atoms. The number of aromatic nitrogens is 18. The summed E-state index contributed by atoms with van der Waals surface area (Å²) in [6, 6.07) is 73.1. The van der Waals surface area contributed by atoms with Gasteiger partial charge in [-0.25, -0.2) is 9.97 Å². The van der Waals surface area contributed by atoms with E-state index in [1.807, 2.05) is 193 Å². The van der Waals surface area contributed by atoms with Gasteiger partial charge in [-0.3, -0.25) is 9.97 Å². The second kappa shape index (κ2) is 31.0. The molecular weight excluding hydrogens is 1450 g/mol. The van der Waals surface area contributed by atoms with Crippen LogP contribution in [-0.4, -0.2) is 188 Å². The molecule has 12 heterocycles. The van der Waals surface area contributed by atoms with Gasteiger partial charge >= 0.3 is 446 Å². The summed E-state index contributed by atoms with van der Waals surface area (Å²) in [5.74, 6) is 5.66. The van der Waals surface area contributed by atoms with Gasteiger partial charge in [-0.15, -0.1) is 0 Å². The van der Waals surface area contributed by atoms with Crippen LogP contribution < -0.4 is 0 Å². The molecule has 0 aliphatic heterocycles. The summed E-state index contributed by atoms with van der Waals surface area (Å²) in [7, 11) is 0. The zero-order chi connectivity index (χ0) is 65.7. The molecule has 0 aliphatic carbocycles. The van der Waals surface area contributed by atoms with Gasteiger partial charge in [0.2, 0.25) is 0 Å². The Hall–Kier alpha value is -9.35. The van der Waals surface area contributed by atoms with Gasteiger partial charge in [0.05, 0.1) is 5.52 Å². The molecule has 6 aromatic carbocycles. The third kappa shape index (κ3) is 14.7. The Kier molecular flexibility index (Phi) is 21.1. The van der Waals surface area contributed by atoms with Crippen LogP contribution in [0.15, 0.2) is 293 Å². The fourth-order valence-electron chi connectivity index (χ4n) is 10.8. The van der Waals surface area contributed by atoms with Gasteiger partial charge in [0.15, 0.2) is 0 Å². The third-order valence-corrected chi connectivity index (χ3v) is 21.4. The SMILES string of the molecule is [AlH][n]1c(-c2nccc3ccccc23)nc2ccccc21.[AlH][n]1ccnc1-c1ccccn1.[GaH][n]1c(-c2ccccn2)nc2ccccc21.[GaH][n]1c(-c2nccc3ccccc23)nc2ccccc21.[GaH][n]1ccnc1-c1ccccn1.[GaH][n]1ccnc1-c1nccc2ccccc12. The first kappa shape index (κ1) is 65.3. The Balaban J connectivity index is 0.000000105. The van der Waals surface area contributed by atoms with Crippen LogP contribution in [0.4, 0.5) is 0 Å². The summed E-state index contributed by atoms with van der Waals surface area (Å²) in [5, 5.41) is 7.04. The van der Waals surface area contributed by atoms with Crippen molar-refractivity contribution < 1.29 is 0 Å². The van der Waals surface area contributed by atoms with Gasteiger partial charge in [-0.2, -0.15) is 0 Å². The number of fused-ring (bicyclic) bond motifs is 6. The van der Waals surface area contributed by atoms with Crippen molar-refractivity contribution in [3.63, 3.8) is 0 Å². The predicted octanol–water partition coefficient (Wildman–Crippen LogP) is 10.6. The van der Waals surface area contributed by atoms with Crippen LogP contribution in [-0.2, 0) is 0 Å². The number of para-hydroxylation sites is 6. The molecule has 24 heteroatoms. The Morgan fingerprint density at radius 2 is 0.615 bits per heavy atom. The van der Waals surface area contributed by atoms with E-state index in [1.54, 1.807) is 64.0 Å². The molecule has 18 aromatic rings. The maximum absolute atomic E-state index is 4.76. The van der Waals surface area contributed by atoms with Gasteiger partial charge < -0.3 is 7.10 Å². The first-order valence-corrected chi connectivity index (χ1v) is 36.9. The van der Waals surface area contributed by atoms with Crippen molar-refractivity contribution in [2.45, 2.75) is 0 Å². The molecule has 0 amide bonds. The molecule has 0 fully saturated rings. The van der Waals surface area contributed by atoms with Crippen molar-refractivity contribution in [3.05, 3.63) is 293 Å². The van der Waals surface area contributed by atoms with Crippen LogP contribution in [0.5, 0.6) is 0 Å². The Labute approximate surface area is 609 Å². The van der Waals surface area contributed by atoms with Crippen molar-refractivity contribution in [1.82, 2.24) is 80.0 Å². The summed E-state index contributed by atoms with van der Waals surface area (Å²) in [6.07, 6.45) is 22.2. The molecule has 0 unspecified atom stereocenters. The van der Waals surface area contributed by atoms with Crippen LogP contribution in [0.3, 0.4) is 0 Å². The van der Waals surface area contributed by atoms with E-state index in [0.717, 1.165) is 183 Å². The first-order chi connectivity index (χ1) is 47.2. The number of imidazole rings is 6. The van der Waals surface area contributed by atoms with Gasteiger partial charge in [0, 0.05) is 29.5 Å². The molecule has 0 bridgehead atoms. The second-order valence-electron chi connectivity index (χ2n) is 21.5. The molecule has 0 saturated carbocycles. The van der Waals surface area contributed by atoms with E-state index in [2.05, 4.69) is 139 Å². The molecule has 0 atom stereocenters. The fourth-order valence-corrected chi connectivity index (χ4v) is 15.1. The van der Waals surface area contributed by atoms with Crippen LogP contribution in [0.25, 0.3) is 135 Å². The molecule has 0 N–H and O–H groups in total. The van der Waals surface area contributed by atoms with E-state index < -0.39 is 0 Å². The van der Waals surface area contributed by atoms with Gasteiger partial charge in [0.25, 0.3) is 0 Å². The average molecular weight is 1500 g/mol. The monoisotopic (exact) mass is 1500 g/mol. The molecule has 0 aliphatic rings. The van der Waals surface area contributed by atoms with Crippen LogP contribution in [0.2, 0.25) is 0 Å². The Morgan fingerprint density at radius 1 is 0.260 bits per heavy atom. The average Bonchev–Trinajstić information content (AvgIpc) is 1.89. The van der Waals surface area contributed by atoms with E-state index in [0.29, 0.717) is 0 Å². The van der Waals surface area contributed by atoms with E-state index in [1.165, 1.54) is 27.2 Å². The first-order valence-electron chi connectivity index (χ1n) is 30.3. The van der Waals surface area contributed by atoms with Crippen molar-refractivity contribution in [1.29, 1.82) is 0 Å². The molecule has 18 rings (SSSR count). The Bertz CT molecular complexity index is 5380. The van der Waals surface area contributed by atoms with Gasteiger partial charge in [0.1, 0.15) is 23.0 Å². The zero-order valence-electron chi connectivity index (χ0n) is 52.0. The summed E-state index contributed by atoms with van der Waals surface area (Å²) >= 11 is 7.66. The quantitative estimate of drug-likeness (QED) is 0.144. The topological polar surface area (TPSA) is 184 Å². The number of nitrogens with zero attached hydrogens (tertiary/aromatic N) is 18. The molecule has 0 saturated heterocycles. The fraction of sp³-hybridized carbons (Fsp3) is 0. The second-order valence-corrected chi connectivity index (χ2v) is 28.3. The van der Waals surface area contributed by atoms with Crippen LogP contribution in [0, 0.1) is 0 Å². The minimum atomic E-state index is 0.911. The van der Waals surface area contributed by atoms with Crippen molar-refractivity contribution in [3.8, 4) is 69.1 Å². The van der Waals surface area contributed by atoms with Crippen LogP contribution in [0.1, 0.15) is 0 Å². The van der Waals surface area contributed by atoms with Gasteiger partial charge in [-0.1, -0.05) is 42.5 Å². The predicted molar refractivity (Wildman–Crippen MR) is 393 cm³/mol. The number of benzene rings is 6. The zero-order valence-corrected chi connectivity index (χ0v) is 66.7. The standard InChI is InChI=1S/2C16H10N3.2C12H8N3.2C8H6N3.2Al.4Ga.6H/c2*1-2-6-12-11(5-1)9-10-17-15(12)16-18-13-7-3-4-8-14(13)19-16;1-2-6-10-9(5-1)14-12(15-10)11-7-3-4-8-13-11;1-2-4-10-9(3-1)5-6-13-11(10)12-14-7-8-15-12;2*1-2-4-9-7(3-1)8-10-5-6-11-8;;;;;;;;;;;;/h2*1-10H;2*1-8H;2*1-6H;;;;;;;;;;;;/q6*-1;6*+1;;;;;;. The van der Waals surface area contributed by atoms with E-state index >= 15 is 0 Å². The minimum absolute atomic E-state index is 0.911. The maximum atomic E-state index is 4.76. The molecule has 450 valence electrons. The molecule has 18 nitrogen and oxygen atoms in total. The number of hydrogen-bond donors (Lipinski definition) is 0. The number of hydrogen-bond acceptors (Lipinski definition) is 12. The van der Waals surface area contributed by atoms with Crippen molar-refractivity contribution >= 4 is 174 Å². The molecule has 96 heavy (non-hydrogen) atoms. The summed E-state index contributed by atoms with van der Waals surface area (Å²) < 4.78 is 12.7. The van der Waals surface area contributed by atoms with E-state index in [9.17, 15) is 0 Å². The number of pyridine rings is 6. The number of rotatable bonds is 6. The normalized spacial score (nSPS) is 10.8.